The standard InChI is InChI=1S/C11H20N2O2S2/c1-5-12-7-10-9(4)6-11(16-10)17(14,15)13-8(2)3/h6,8,12-13H,5,7H2,1-4H3. The lowest BCUT2D eigenvalue weighted by atomic mass is 10.3. The molecule has 2 N–H and O–H groups in total. The zero-order valence-electron chi connectivity index (χ0n) is 10.7. The highest BCUT2D eigenvalue weighted by molar-refractivity contribution is 7.91. The van der Waals surface area contributed by atoms with Gasteiger partial charge in [0, 0.05) is 17.5 Å². The number of hydrogen-bond acceptors (Lipinski definition) is 4. The van der Waals surface area contributed by atoms with Crippen molar-refractivity contribution < 1.29 is 8.42 Å². The molecule has 1 aromatic rings. The lowest BCUT2D eigenvalue weighted by Crippen LogP contribution is -2.29. The highest BCUT2D eigenvalue weighted by Crippen LogP contribution is 2.25. The largest absolute Gasteiger partial charge is 0.312 e. The molecule has 0 aliphatic carbocycles. The van der Waals surface area contributed by atoms with Crippen LogP contribution in [-0.2, 0) is 16.6 Å². The molecule has 1 rings (SSSR count). The fourth-order valence-electron chi connectivity index (χ4n) is 1.40. The number of hydrogen-bond donors (Lipinski definition) is 2. The monoisotopic (exact) mass is 276 g/mol. The molecule has 0 aliphatic rings. The van der Waals surface area contributed by atoms with E-state index in [0.29, 0.717) is 4.21 Å². The van der Waals surface area contributed by atoms with Crippen molar-refractivity contribution in [1.82, 2.24) is 10.0 Å². The molecule has 4 nitrogen and oxygen atoms in total. The van der Waals surface area contributed by atoms with E-state index < -0.39 is 10.0 Å². The van der Waals surface area contributed by atoms with Crippen molar-refractivity contribution in [2.75, 3.05) is 6.54 Å². The van der Waals surface area contributed by atoms with Crippen molar-refractivity contribution in [2.45, 2.75) is 44.5 Å². The van der Waals surface area contributed by atoms with E-state index in [0.717, 1.165) is 23.5 Å². The van der Waals surface area contributed by atoms with Crippen LogP contribution in [0.2, 0.25) is 0 Å². The van der Waals surface area contributed by atoms with Crippen LogP contribution in [0.4, 0.5) is 0 Å². The summed E-state index contributed by atoms with van der Waals surface area (Å²) >= 11 is 1.34. The fraction of sp³-hybridized carbons (Fsp3) is 0.636. The molecular formula is C11H20N2O2S2. The van der Waals surface area contributed by atoms with Crippen molar-refractivity contribution in [3.8, 4) is 0 Å². The molecule has 0 amide bonds. The molecule has 17 heavy (non-hydrogen) atoms. The van der Waals surface area contributed by atoms with Gasteiger partial charge in [-0.2, -0.15) is 0 Å². The minimum Gasteiger partial charge on any atom is -0.312 e. The summed E-state index contributed by atoms with van der Waals surface area (Å²) in [6.07, 6.45) is 0. The zero-order valence-corrected chi connectivity index (χ0v) is 12.3. The molecule has 1 aromatic heterocycles. The van der Waals surface area contributed by atoms with E-state index in [9.17, 15) is 8.42 Å². The Morgan fingerprint density at radius 1 is 1.41 bits per heavy atom. The van der Waals surface area contributed by atoms with Crippen molar-refractivity contribution in [3.05, 3.63) is 16.5 Å². The molecular weight excluding hydrogens is 256 g/mol. The Bertz CT molecular complexity index is 464. The second kappa shape index (κ2) is 5.95. The SMILES string of the molecule is CCNCc1sc(S(=O)(=O)NC(C)C)cc1C. The molecule has 6 heteroatoms. The Morgan fingerprint density at radius 2 is 2.06 bits per heavy atom. The fourth-order valence-corrected chi connectivity index (χ4v) is 4.23. The van der Waals surface area contributed by atoms with Crippen LogP contribution in [-0.4, -0.2) is 21.0 Å². The van der Waals surface area contributed by atoms with Crippen molar-refractivity contribution in [3.63, 3.8) is 0 Å². The Morgan fingerprint density at radius 3 is 2.59 bits per heavy atom. The van der Waals surface area contributed by atoms with Gasteiger partial charge in [0.15, 0.2) is 0 Å². The molecule has 0 bridgehead atoms. The van der Waals surface area contributed by atoms with Crippen molar-refractivity contribution >= 4 is 21.4 Å². The van der Waals surface area contributed by atoms with Crippen molar-refractivity contribution in [2.24, 2.45) is 0 Å². The maximum absolute atomic E-state index is 12.0. The summed E-state index contributed by atoms with van der Waals surface area (Å²) in [7, 11) is -3.35. The van der Waals surface area contributed by atoms with E-state index in [1.165, 1.54) is 11.3 Å². The quantitative estimate of drug-likeness (QED) is 0.833. The Kier molecular flexibility index (Phi) is 5.12. The highest BCUT2D eigenvalue weighted by atomic mass is 32.2. The lowest BCUT2D eigenvalue weighted by molar-refractivity contribution is 0.572. The van der Waals surface area contributed by atoms with Gasteiger partial charge in [0.25, 0.3) is 0 Å². The van der Waals surface area contributed by atoms with E-state index in [4.69, 9.17) is 0 Å². The lowest BCUT2D eigenvalue weighted by Gasteiger charge is -2.06. The summed E-state index contributed by atoms with van der Waals surface area (Å²) in [4.78, 5) is 1.08. The molecule has 0 saturated heterocycles. The van der Waals surface area contributed by atoms with Gasteiger partial charge < -0.3 is 5.32 Å². The normalized spacial score (nSPS) is 12.3. The van der Waals surface area contributed by atoms with E-state index in [1.54, 1.807) is 6.07 Å². The number of aryl methyl sites for hydroxylation is 1. The van der Waals surface area contributed by atoms with Gasteiger partial charge in [-0.25, -0.2) is 13.1 Å². The Hall–Kier alpha value is -0.430. The van der Waals surface area contributed by atoms with Crippen LogP contribution in [0.5, 0.6) is 0 Å². The first-order valence-corrected chi connectivity index (χ1v) is 7.99. The van der Waals surface area contributed by atoms with Gasteiger partial charge in [-0.15, -0.1) is 11.3 Å². The van der Waals surface area contributed by atoms with Crippen LogP contribution in [0.15, 0.2) is 10.3 Å². The maximum Gasteiger partial charge on any atom is 0.250 e. The average Bonchev–Trinajstić information content (AvgIpc) is 2.56. The van der Waals surface area contributed by atoms with Gasteiger partial charge in [-0.05, 0) is 38.9 Å². The van der Waals surface area contributed by atoms with Crippen LogP contribution >= 0.6 is 11.3 Å². The van der Waals surface area contributed by atoms with Gasteiger partial charge in [-0.3, -0.25) is 0 Å². The smallest absolute Gasteiger partial charge is 0.250 e. The maximum atomic E-state index is 12.0. The molecule has 0 unspecified atom stereocenters. The molecule has 0 aromatic carbocycles. The topological polar surface area (TPSA) is 58.2 Å². The van der Waals surface area contributed by atoms with E-state index in [1.807, 2.05) is 27.7 Å². The summed E-state index contributed by atoms with van der Waals surface area (Å²) in [5, 5.41) is 3.21. The minimum atomic E-state index is -3.35. The summed E-state index contributed by atoms with van der Waals surface area (Å²) in [5.74, 6) is 0. The number of nitrogens with one attached hydrogen (secondary N) is 2. The summed E-state index contributed by atoms with van der Waals surface area (Å²) in [6.45, 7) is 9.21. The van der Waals surface area contributed by atoms with Crippen LogP contribution in [0.25, 0.3) is 0 Å². The number of thiophene rings is 1. The molecule has 0 spiro atoms. The van der Waals surface area contributed by atoms with E-state index in [2.05, 4.69) is 10.0 Å². The first kappa shape index (κ1) is 14.6. The molecule has 98 valence electrons. The first-order chi connectivity index (χ1) is 7.86. The third-order valence-electron chi connectivity index (χ3n) is 2.19. The third-order valence-corrected chi connectivity index (χ3v) is 5.56. The highest BCUT2D eigenvalue weighted by Gasteiger charge is 2.19. The van der Waals surface area contributed by atoms with Crippen LogP contribution in [0, 0.1) is 6.92 Å². The predicted octanol–water partition coefficient (Wildman–Crippen LogP) is 1.85. The van der Waals surface area contributed by atoms with Gasteiger partial charge in [0.1, 0.15) is 4.21 Å². The van der Waals surface area contributed by atoms with Crippen LogP contribution in [0.3, 0.4) is 0 Å². The first-order valence-electron chi connectivity index (χ1n) is 5.69. The van der Waals surface area contributed by atoms with E-state index >= 15 is 0 Å². The predicted molar refractivity (Wildman–Crippen MR) is 71.9 cm³/mol. The molecule has 1 heterocycles. The van der Waals surface area contributed by atoms with Gasteiger partial charge in [-0.1, -0.05) is 6.92 Å². The Labute approximate surface area is 107 Å². The zero-order chi connectivity index (χ0) is 13.1. The van der Waals surface area contributed by atoms with E-state index in [-0.39, 0.29) is 6.04 Å². The summed E-state index contributed by atoms with van der Waals surface area (Å²) in [6, 6.07) is 1.65. The Balaban J connectivity index is 2.92. The van der Waals surface area contributed by atoms with Gasteiger partial charge >= 0.3 is 0 Å². The summed E-state index contributed by atoms with van der Waals surface area (Å²) < 4.78 is 26.9. The molecule has 0 radical (unpaired) electrons. The van der Waals surface area contributed by atoms with Gasteiger partial charge in [0.2, 0.25) is 10.0 Å². The molecule has 0 saturated carbocycles. The molecule has 0 fully saturated rings. The van der Waals surface area contributed by atoms with Gasteiger partial charge in [0.05, 0.1) is 0 Å². The van der Waals surface area contributed by atoms with Crippen LogP contribution < -0.4 is 10.0 Å². The molecule has 0 aliphatic heterocycles. The number of rotatable bonds is 6. The van der Waals surface area contributed by atoms with Crippen molar-refractivity contribution in [1.29, 1.82) is 0 Å². The third kappa shape index (κ3) is 4.06. The second-order valence-electron chi connectivity index (χ2n) is 4.23. The number of sulfonamides is 1. The minimum absolute atomic E-state index is 0.0837. The van der Waals surface area contributed by atoms with Crippen LogP contribution in [0.1, 0.15) is 31.2 Å². The summed E-state index contributed by atoms with van der Waals surface area (Å²) in [5.41, 5.74) is 1.03. The average molecular weight is 276 g/mol. The molecule has 0 atom stereocenters. The second-order valence-corrected chi connectivity index (χ2v) is 7.31.